The van der Waals surface area contributed by atoms with Crippen LogP contribution in [0.15, 0.2) is 66.4 Å². The summed E-state index contributed by atoms with van der Waals surface area (Å²) in [5, 5.41) is 9.94. The summed E-state index contributed by atoms with van der Waals surface area (Å²) in [6, 6.07) is 18.1. The van der Waals surface area contributed by atoms with Crippen LogP contribution in [0.3, 0.4) is 0 Å². The second-order valence-electron chi connectivity index (χ2n) is 8.44. The Kier molecular flexibility index (Phi) is 4.82. The number of aromatic hydroxyl groups is 1. The van der Waals surface area contributed by atoms with E-state index in [4.69, 9.17) is 9.47 Å². The first-order valence-corrected chi connectivity index (χ1v) is 10.6. The van der Waals surface area contributed by atoms with Crippen molar-refractivity contribution in [2.45, 2.75) is 32.1 Å². The molecule has 0 aromatic heterocycles. The van der Waals surface area contributed by atoms with Crippen LogP contribution in [0.5, 0.6) is 17.2 Å². The van der Waals surface area contributed by atoms with Crippen LogP contribution in [0, 0.1) is 0 Å². The van der Waals surface area contributed by atoms with Crippen molar-refractivity contribution in [3.63, 3.8) is 0 Å². The second-order valence-corrected chi connectivity index (χ2v) is 8.44. The quantitative estimate of drug-likeness (QED) is 0.337. The Morgan fingerprint density at radius 1 is 1.00 bits per heavy atom. The van der Waals surface area contributed by atoms with Gasteiger partial charge in [-0.15, -0.1) is 0 Å². The lowest BCUT2D eigenvalue weighted by atomic mass is 9.84. The molecule has 0 fully saturated rings. The molecule has 0 amide bonds. The van der Waals surface area contributed by atoms with Crippen LogP contribution < -0.4 is 9.47 Å². The number of Topliss-reactive ketones (excluding diaryl/α,β-unsaturated/α-hetero) is 1. The van der Waals surface area contributed by atoms with E-state index in [1.807, 2.05) is 30.3 Å². The third-order valence-electron chi connectivity index (χ3n) is 5.95. The maximum atomic E-state index is 13.1. The maximum Gasteiger partial charge on any atom is 0.312 e. The summed E-state index contributed by atoms with van der Waals surface area (Å²) >= 11 is 0. The highest BCUT2D eigenvalue weighted by atomic mass is 16.5. The van der Waals surface area contributed by atoms with E-state index < -0.39 is 0 Å². The largest absolute Gasteiger partial charge is 0.508 e. The molecule has 2 aliphatic heterocycles. The normalized spacial score (nSPS) is 18.3. The highest BCUT2D eigenvalue weighted by Gasteiger charge is 2.38. The molecule has 3 aromatic rings. The summed E-state index contributed by atoms with van der Waals surface area (Å²) in [6.07, 6.45) is 1.83. The molecule has 0 aliphatic carbocycles. The fraction of sp³-hybridized carbons (Fsp3) is 0.185. The molecule has 0 saturated heterocycles. The first-order valence-electron chi connectivity index (χ1n) is 10.6. The predicted molar refractivity (Wildman–Crippen MR) is 120 cm³/mol. The van der Waals surface area contributed by atoms with Crippen LogP contribution in [0.2, 0.25) is 0 Å². The van der Waals surface area contributed by atoms with E-state index in [9.17, 15) is 14.7 Å². The van der Waals surface area contributed by atoms with E-state index >= 15 is 0 Å². The van der Waals surface area contributed by atoms with Crippen molar-refractivity contribution in [1.29, 1.82) is 0 Å². The number of fused-ring (bicyclic) bond motifs is 3. The van der Waals surface area contributed by atoms with E-state index in [-0.39, 0.29) is 35.6 Å². The fourth-order valence-electron chi connectivity index (χ4n) is 4.26. The van der Waals surface area contributed by atoms with Crippen molar-refractivity contribution in [3.05, 3.63) is 94.2 Å². The van der Waals surface area contributed by atoms with Crippen molar-refractivity contribution >= 4 is 17.8 Å². The molecule has 1 N–H and O–H groups in total. The number of benzene rings is 3. The van der Waals surface area contributed by atoms with E-state index in [1.165, 1.54) is 5.56 Å². The van der Waals surface area contributed by atoms with Gasteiger partial charge in [-0.3, -0.25) is 9.59 Å². The molecule has 32 heavy (non-hydrogen) atoms. The molecule has 2 aliphatic rings. The summed E-state index contributed by atoms with van der Waals surface area (Å²) in [7, 11) is 0. The molecule has 5 rings (SSSR count). The SMILES string of the molecule is CC(C)c1ccc(/C=C2\Oc3c(ccc4c3[C@H](c3cccc(O)c3)CC(=O)O4)C2=O)cc1. The summed E-state index contributed by atoms with van der Waals surface area (Å²) in [5.74, 6) is 0.607. The van der Waals surface area contributed by atoms with Gasteiger partial charge in [0.1, 0.15) is 17.2 Å². The lowest BCUT2D eigenvalue weighted by Crippen LogP contribution is -2.21. The molecule has 0 unspecified atom stereocenters. The van der Waals surface area contributed by atoms with Crippen LogP contribution in [-0.4, -0.2) is 16.9 Å². The molecule has 160 valence electrons. The number of hydrogen-bond acceptors (Lipinski definition) is 5. The minimum absolute atomic E-state index is 0.0974. The summed E-state index contributed by atoms with van der Waals surface area (Å²) < 4.78 is 11.5. The molecule has 2 heterocycles. The molecule has 0 spiro atoms. The van der Waals surface area contributed by atoms with Crippen LogP contribution in [0.25, 0.3) is 6.08 Å². The lowest BCUT2D eigenvalue weighted by molar-refractivity contribution is -0.135. The monoisotopic (exact) mass is 426 g/mol. The number of carbonyl (C=O) groups excluding carboxylic acids is 2. The molecule has 0 saturated carbocycles. The number of esters is 1. The van der Waals surface area contributed by atoms with Crippen LogP contribution in [-0.2, 0) is 4.79 Å². The molecule has 0 bridgehead atoms. The third-order valence-corrected chi connectivity index (χ3v) is 5.95. The van der Waals surface area contributed by atoms with E-state index in [2.05, 4.69) is 13.8 Å². The molecule has 3 aromatic carbocycles. The third kappa shape index (κ3) is 3.46. The Bertz CT molecular complexity index is 1270. The van der Waals surface area contributed by atoms with Crippen molar-refractivity contribution in [3.8, 4) is 17.2 Å². The Labute approximate surface area is 185 Å². The summed E-state index contributed by atoms with van der Waals surface area (Å²) in [6.45, 7) is 4.26. The average Bonchev–Trinajstić information content (AvgIpc) is 3.08. The van der Waals surface area contributed by atoms with Gasteiger partial charge in [-0.1, -0.05) is 50.2 Å². The predicted octanol–water partition coefficient (Wildman–Crippen LogP) is 5.57. The maximum absolute atomic E-state index is 13.1. The van der Waals surface area contributed by atoms with Crippen molar-refractivity contribution in [1.82, 2.24) is 0 Å². The van der Waals surface area contributed by atoms with Gasteiger partial charge in [0.2, 0.25) is 5.78 Å². The number of phenolic OH excluding ortho intramolecular Hbond substituents is 1. The van der Waals surface area contributed by atoms with Gasteiger partial charge in [0.05, 0.1) is 12.0 Å². The molecular formula is C27H22O5. The second kappa shape index (κ2) is 7.68. The standard InChI is InChI=1S/C27H22O5/c1-15(2)17-8-6-16(7-9-17)12-23-26(30)20-10-11-22-25(27(20)32-23)21(14-24(29)31-22)18-4-3-5-19(28)13-18/h3-13,15,21,28H,14H2,1-2H3/b23-12-/t21-/m0/s1. The van der Waals surface area contributed by atoms with Crippen LogP contribution >= 0.6 is 0 Å². The fourth-order valence-corrected chi connectivity index (χ4v) is 4.26. The van der Waals surface area contributed by atoms with Gasteiger partial charge >= 0.3 is 5.97 Å². The summed E-state index contributed by atoms with van der Waals surface area (Å²) in [5.41, 5.74) is 3.94. The van der Waals surface area contributed by atoms with Gasteiger partial charge in [-0.05, 0) is 52.9 Å². The van der Waals surface area contributed by atoms with Crippen molar-refractivity contribution < 1.29 is 24.2 Å². The Morgan fingerprint density at radius 3 is 2.50 bits per heavy atom. The highest BCUT2D eigenvalue weighted by Crippen LogP contribution is 2.49. The molecular weight excluding hydrogens is 404 g/mol. The zero-order valence-corrected chi connectivity index (χ0v) is 17.8. The number of ether oxygens (including phenoxy) is 2. The number of phenols is 1. The lowest BCUT2D eigenvalue weighted by Gasteiger charge is -2.26. The molecule has 1 atom stereocenters. The highest BCUT2D eigenvalue weighted by molar-refractivity contribution is 6.15. The van der Waals surface area contributed by atoms with Crippen molar-refractivity contribution in [2.75, 3.05) is 0 Å². The minimum atomic E-state index is -0.384. The smallest absolute Gasteiger partial charge is 0.312 e. The molecule has 0 radical (unpaired) electrons. The zero-order chi connectivity index (χ0) is 22.4. The van der Waals surface area contributed by atoms with Crippen LogP contribution in [0.1, 0.15) is 64.7 Å². The van der Waals surface area contributed by atoms with Gasteiger partial charge in [-0.2, -0.15) is 0 Å². The minimum Gasteiger partial charge on any atom is -0.508 e. The van der Waals surface area contributed by atoms with Gasteiger partial charge < -0.3 is 14.6 Å². The Balaban J connectivity index is 1.56. The number of allylic oxidation sites excluding steroid dienone is 1. The van der Waals surface area contributed by atoms with Crippen LogP contribution in [0.4, 0.5) is 0 Å². The number of hydrogen-bond donors (Lipinski definition) is 1. The Morgan fingerprint density at radius 2 is 1.78 bits per heavy atom. The van der Waals surface area contributed by atoms with Gasteiger partial charge in [0.15, 0.2) is 5.76 Å². The first kappa shape index (κ1) is 20.1. The number of rotatable bonds is 3. The topological polar surface area (TPSA) is 72.8 Å². The molecule has 5 heteroatoms. The number of carbonyl (C=O) groups is 2. The first-order chi connectivity index (χ1) is 15.4. The van der Waals surface area contributed by atoms with Gasteiger partial charge in [-0.25, -0.2) is 0 Å². The summed E-state index contributed by atoms with van der Waals surface area (Å²) in [4.78, 5) is 25.3. The average molecular weight is 426 g/mol. The van der Waals surface area contributed by atoms with E-state index in [1.54, 1.807) is 36.4 Å². The van der Waals surface area contributed by atoms with Gasteiger partial charge in [0, 0.05) is 11.5 Å². The Hall–Kier alpha value is -3.86. The van der Waals surface area contributed by atoms with Gasteiger partial charge in [0.25, 0.3) is 0 Å². The molecule has 5 nitrogen and oxygen atoms in total. The van der Waals surface area contributed by atoms with E-state index in [0.29, 0.717) is 28.5 Å². The van der Waals surface area contributed by atoms with E-state index in [0.717, 1.165) is 11.1 Å². The number of ketones is 1. The van der Waals surface area contributed by atoms with Crippen molar-refractivity contribution in [2.24, 2.45) is 0 Å². The zero-order valence-electron chi connectivity index (χ0n) is 17.8.